The smallest absolute Gasteiger partial charge is 0.282 e. The molecule has 1 aromatic rings. The van der Waals surface area contributed by atoms with Gasteiger partial charge in [0, 0.05) is 38.6 Å². The lowest BCUT2D eigenvalue weighted by molar-refractivity contribution is -0.385. The highest BCUT2D eigenvalue weighted by atomic mass is 16.6. The minimum atomic E-state index is -0.556. The van der Waals surface area contributed by atoms with E-state index in [9.17, 15) is 14.9 Å². The molecule has 0 spiro atoms. The van der Waals surface area contributed by atoms with Gasteiger partial charge < -0.3 is 15.4 Å². The molecule has 0 fully saturated rings. The molecule has 110 valence electrons. The van der Waals surface area contributed by atoms with Crippen molar-refractivity contribution < 1.29 is 14.5 Å². The minimum absolute atomic E-state index is 0.0610. The minimum Gasteiger partial charge on any atom is -0.385 e. The number of hydrogen-bond acceptors (Lipinski definition) is 5. The Hall–Kier alpha value is -2.15. The normalized spacial score (nSPS) is 10.1. The highest BCUT2D eigenvalue weighted by molar-refractivity contribution is 5.99. The first kappa shape index (κ1) is 15.9. The standard InChI is InChI=1S/C13H19N3O4/c1-3-14-10-5-6-12(16(18)19)11(9-10)13(17)15-7-4-8-20-2/h5-6,9,14H,3-4,7-8H2,1-2H3,(H,15,17). The Morgan fingerprint density at radius 3 is 2.80 bits per heavy atom. The number of hydrogen-bond donors (Lipinski definition) is 2. The number of rotatable bonds is 8. The molecule has 0 bridgehead atoms. The molecule has 0 aliphatic heterocycles. The maximum absolute atomic E-state index is 12.0. The summed E-state index contributed by atoms with van der Waals surface area (Å²) in [6, 6.07) is 4.42. The maximum atomic E-state index is 12.0. The van der Waals surface area contributed by atoms with Gasteiger partial charge in [0.1, 0.15) is 5.56 Å². The molecule has 0 saturated heterocycles. The second kappa shape index (κ2) is 8.11. The monoisotopic (exact) mass is 281 g/mol. The molecule has 0 aliphatic carbocycles. The van der Waals surface area contributed by atoms with Crippen molar-refractivity contribution in [3.8, 4) is 0 Å². The van der Waals surface area contributed by atoms with Crippen molar-refractivity contribution in [2.45, 2.75) is 13.3 Å². The summed E-state index contributed by atoms with van der Waals surface area (Å²) in [5.74, 6) is -0.451. The third-order valence-electron chi connectivity index (χ3n) is 2.63. The summed E-state index contributed by atoms with van der Waals surface area (Å²) >= 11 is 0. The number of anilines is 1. The van der Waals surface area contributed by atoms with Crippen LogP contribution in [0.2, 0.25) is 0 Å². The van der Waals surface area contributed by atoms with Crippen molar-refractivity contribution in [3.63, 3.8) is 0 Å². The summed E-state index contributed by atoms with van der Waals surface area (Å²) in [6.07, 6.45) is 0.656. The Balaban J connectivity index is 2.85. The molecule has 7 heteroatoms. The SMILES string of the molecule is CCNc1ccc([N+](=O)[O-])c(C(=O)NCCCOC)c1. The van der Waals surface area contributed by atoms with E-state index in [0.717, 1.165) is 0 Å². The predicted octanol–water partition coefficient (Wildman–Crippen LogP) is 1.79. The van der Waals surface area contributed by atoms with Gasteiger partial charge in [0.05, 0.1) is 4.92 Å². The van der Waals surface area contributed by atoms with Gasteiger partial charge in [0.25, 0.3) is 11.6 Å². The third kappa shape index (κ3) is 4.51. The number of nitrogens with zero attached hydrogens (tertiary/aromatic N) is 1. The van der Waals surface area contributed by atoms with Crippen LogP contribution in [0, 0.1) is 10.1 Å². The van der Waals surface area contributed by atoms with E-state index in [0.29, 0.717) is 31.8 Å². The highest BCUT2D eigenvalue weighted by Crippen LogP contribution is 2.22. The predicted molar refractivity (Wildman–Crippen MR) is 76.1 cm³/mol. The molecule has 0 heterocycles. The number of nitro benzene ring substituents is 1. The van der Waals surface area contributed by atoms with Crippen LogP contribution in [0.5, 0.6) is 0 Å². The zero-order valence-corrected chi connectivity index (χ0v) is 11.6. The molecule has 1 rings (SSSR count). The molecule has 0 radical (unpaired) electrons. The van der Waals surface area contributed by atoms with Gasteiger partial charge in [0.15, 0.2) is 0 Å². The van der Waals surface area contributed by atoms with E-state index in [-0.39, 0.29) is 11.3 Å². The molecule has 2 N–H and O–H groups in total. The fraction of sp³-hybridized carbons (Fsp3) is 0.462. The first-order valence-corrected chi connectivity index (χ1v) is 6.39. The first-order valence-electron chi connectivity index (χ1n) is 6.39. The third-order valence-corrected chi connectivity index (χ3v) is 2.63. The molecule has 0 atom stereocenters. The summed E-state index contributed by atoms with van der Waals surface area (Å²) in [4.78, 5) is 22.4. The van der Waals surface area contributed by atoms with Gasteiger partial charge in [-0.25, -0.2) is 0 Å². The molecule has 1 aromatic carbocycles. The van der Waals surface area contributed by atoms with Crippen LogP contribution in [0.4, 0.5) is 11.4 Å². The van der Waals surface area contributed by atoms with Gasteiger partial charge in [-0.05, 0) is 25.5 Å². The second-order valence-electron chi connectivity index (χ2n) is 4.12. The molecule has 0 aromatic heterocycles. The van der Waals surface area contributed by atoms with Crippen LogP contribution in [0.15, 0.2) is 18.2 Å². The summed E-state index contributed by atoms with van der Waals surface area (Å²) in [5, 5.41) is 16.6. The average Bonchev–Trinajstić information content (AvgIpc) is 2.43. The van der Waals surface area contributed by atoms with Crippen LogP contribution in [0.25, 0.3) is 0 Å². The van der Waals surface area contributed by atoms with Gasteiger partial charge in [0.2, 0.25) is 0 Å². The van der Waals surface area contributed by atoms with Crippen LogP contribution >= 0.6 is 0 Å². The van der Waals surface area contributed by atoms with E-state index < -0.39 is 10.8 Å². The first-order chi connectivity index (χ1) is 9.60. The topological polar surface area (TPSA) is 93.5 Å². The lowest BCUT2D eigenvalue weighted by atomic mass is 10.1. The van der Waals surface area contributed by atoms with Gasteiger partial charge in [-0.3, -0.25) is 14.9 Å². The zero-order chi connectivity index (χ0) is 15.0. The van der Waals surface area contributed by atoms with Crippen LogP contribution in [-0.2, 0) is 4.74 Å². The number of amides is 1. The van der Waals surface area contributed by atoms with Crippen molar-refractivity contribution in [2.75, 3.05) is 32.1 Å². The molecular formula is C13H19N3O4. The van der Waals surface area contributed by atoms with E-state index in [1.807, 2.05) is 6.92 Å². The number of carbonyl (C=O) groups is 1. The number of carbonyl (C=O) groups excluding carboxylic acids is 1. The molecule has 0 aliphatic rings. The zero-order valence-electron chi connectivity index (χ0n) is 11.6. The van der Waals surface area contributed by atoms with E-state index in [1.54, 1.807) is 13.2 Å². The molecular weight excluding hydrogens is 262 g/mol. The Kier molecular flexibility index (Phi) is 6.45. The molecule has 7 nitrogen and oxygen atoms in total. The number of benzene rings is 1. The number of ether oxygens (including phenoxy) is 1. The van der Waals surface area contributed by atoms with Gasteiger partial charge in [-0.2, -0.15) is 0 Å². The lowest BCUT2D eigenvalue weighted by Crippen LogP contribution is -2.26. The molecule has 0 saturated carbocycles. The van der Waals surface area contributed by atoms with Crippen molar-refractivity contribution in [3.05, 3.63) is 33.9 Å². The second-order valence-corrected chi connectivity index (χ2v) is 4.12. The van der Waals surface area contributed by atoms with Crippen molar-refractivity contribution in [1.82, 2.24) is 5.32 Å². The van der Waals surface area contributed by atoms with Crippen LogP contribution < -0.4 is 10.6 Å². The van der Waals surface area contributed by atoms with E-state index in [2.05, 4.69) is 10.6 Å². The van der Waals surface area contributed by atoms with Crippen molar-refractivity contribution in [2.24, 2.45) is 0 Å². The van der Waals surface area contributed by atoms with Gasteiger partial charge >= 0.3 is 0 Å². The van der Waals surface area contributed by atoms with Gasteiger partial charge in [-0.15, -0.1) is 0 Å². The van der Waals surface area contributed by atoms with Crippen LogP contribution in [0.1, 0.15) is 23.7 Å². The molecule has 20 heavy (non-hydrogen) atoms. The van der Waals surface area contributed by atoms with Crippen molar-refractivity contribution in [1.29, 1.82) is 0 Å². The Morgan fingerprint density at radius 1 is 1.45 bits per heavy atom. The molecule has 1 amide bonds. The Bertz CT molecular complexity index is 477. The Labute approximate surface area is 117 Å². The average molecular weight is 281 g/mol. The fourth-order valence-corrected chi connectivity index (χ4v) is 1.70. The lowest BCUT2D eigenvalue weighted by Gasteiger charge is -2.08. The summed E-state index contributed by atoms with van der Waals surface area (Å²) < 4.78 is 4.87. The summed E-state index contributed by atoms with van der Waals surface area (Å²) in [6.45, 7) is 3.52. The van der Waals surface area contributed by atoms with Crippen LogP contribution in [0.3, 0.4) is 0 Å². The van der Waals surface area contributed by atoms with Crippen LogP contribution in [-0.4, -0.2) is 37.6 Å². The highest BCUT2D eigenvalue weighted by Gasteiger charge is 2.20. The van der Waals surface area contributed by atoms with E-state index >= 15 is 0 Å². The van der Waals surface area contributed by atoms with Crippen molar-refractivity contribution >= 4 is 17.3 Å². The number of nitro groups is 1. The summed E-state index contributed by atoms with van der Waals surface area (Å²) in [5.41, 5.74) is 0.543. The van der Waals surface area contributed by atoms with Gasteiger partial charge in [-0.1, -0.05) is 0 Å². The quantitative estimate of drug-likeness (QED) is 0.430. The van der Waals surface area contributed by atoms with E-state index in [4.69, 9.17) is 4.74 Å². The number of nitrogens with one attached hydrogen (secondary N) is 2. The fourth-order valence-electron chi connectivity index (χ4n) is 1.70. The Morgan fingerprint density at radius 2 is 2.20 bits per heavy atom. The van der Waals surface area contributed by atoms with E-state index in [1.165, 1.54) is 12.1 Å². The number of methoxy groups -OCH3 is 1. The largest absolute Gasteiger partial charge is 0.385 e. The maximum Gasteiger partial charge on any atom is 0.282 e. The molecule has 0 unspecified atom stereocenters. The summed E-state index contributed by atoms with van der Waals surface area (Å²) in [7, 11) is 1.58.